The minimum Gasteiger partial charge on any atom is -0.427 e. The monoisotopic (exact) mass is 321 g/mol. The lowest BCUT2D eigenvalue weighted by Gasteiger charge is -2.08. The molecule has 0 aromatic heterocycles. The van der Waals surface area contributed by atoms with Crippen LogP contribution in [0, 0.1) is 22.0 Å². The molecule has 120 valence electrons. The lowest BCUT2D eigenvalue weighted by molar-refractivity contribution is -0.384. The van der Waals surface area contributed by atoms with E-state index < -0.39 is 10.9 Å². The summed E-state index contributed by atoms with van der Waals surface area (Å²) in [6.45, 7) is 0. The molecule has 0 N–H and O–H groups in total. The summed E-state index contributed by atoms with van der Waals surface area (Å²) in [5.41, 5.74) is 1.56. The van der Waals surface area contributed by atoms with Crippen LogP contribution < -0.4 is 0 Å². The first-order chi connectivity index (χ1) is 11.6. The van der Waals surface area contributed by atoms with Crippen molar-refractivity contribution in [1.29, 1.82) is 0 Å². The normalized spacial score (nSPS) is 24.0. The number of non-ortho nitro benzene ring substituents is 1. The lowest BCUT2D eigenvalue weighted by Crippen LogP contribution is -2.06. The molecule has 2 aliphatic carbocycles. The number of nitro benzene ring substituents is 1. The summed E-state index contributed by atoms with van der Waals surface area (Å²) in [6.07, 6.45) is 2.91. The molecule has 2 aliphatic rings. The van der Waals surface area contributed by atoms with Gasteiger partial charge in [-0.25, -0.2) is 4.79 Å². The Hall–Kier alpha value is -2.95. The molecular weight excluding hydrogens is 306 g/mol. The smallest absolute Gasteiger partial charge is 0.343 e. The van der Waals surface area contributed by atoms with E-state index in [0.717, 1.165) is 12.2 Å². The molecule has 0 unspecified atom stereocenters. The van der Waals surface area contributed by atoms with Gasteiger partial charge < -0.3 is 4.74 Å². The minimum atomic E-state index is -0.492. The second-order valence-electron chi connectivity index (χ2n) is 6.16. The number of nitrogens with zero attached hydrogens (tertiary/aromatic N) is 1. The third kappa shape index (κ3) is 2.48. The molecular formula is C19H15NO4. The maximum atomic E-state index is 12.3. The molecule has 5 nitrogen and oxygen atoms in total. The van der Waals surface area contributed by atoms with Crippen LogP contribution in [-0.2, 0) is 4.74 Å². The molecule has 3 atom stereocenters. The minimum absolute atomic E-state index is 0.0435. The molecule has 0 heterocycles. The summed E-state index contributed by atoms with van der Waals surface area (Å²) in [5, 5.41) is 10.7. The third-order valence-corrected chi connectivity index (χ3v) is 4.80. The number of ether oxygens (including phenoxy) is 1. The maximum absolute atomic E-state index is 12.3. The number of hydrogen-bond donors (Lipinski definition) is 0. The number of nitro groups is 1. The maximum Gasteiger partial charge on any atom is 0.343 e. The van der Waals surface area contributed by atoms with Crippen LogP contribution in [-0.4, -0.2) is 10.9 Å². The van der Waals surface area contributed by atoms with E-state index in [-0.39, 0.29) is 11.6 Å². The van der Waals surface area contributed by atoms with Gasteiger partial charge in [-0.1, -0.05) is 30.3 Å². The molecule has 0 saturated heterocycles. The zero-order chi connectivity index (χ0) is 16.7. The van der Waals surface area contributed by atoms with E-state index in [1.807, 2.05) is 24.3 Å². The van der Waals surface area contributed by atoms with E-state index in [0.29, 0.717) is 17.4 Å². The SMILES string of the molecule is O=C(OC1=CC[C@H]2[C@@H]1[C@@H]2c1ccccc1)c1ccc([N+](=O)[O-])cc1. The van der Waals surface area contributed by atoms with Crippen LogP contribution in [0.25, 0.3) is 0 Å². The zero-order valence-corrected chi connectivity index (χ0v) is 12.8. The summed E-state index contributed by atoms with van der Waals surface area (Å²) in [7, 11) is 0. The number of benzene rings is 2. The van der Waals surface area contributed by atoms with Crippen molar-refractivity contribution in [3.63, 3.8) is 0 Å². The highest BCUT2D eigenvalue weighted by atomic mass is 16.6. The highest BCUT2D eigenvalue weighted by Crippen LogP contribution is 2.63. The van der Waals surface area contributed by atoms with Crippen molar-refractivity contribution in [2.75, 3.05) is 0 Å². The van der Waals surface area contributed by atoms with Crippen molar-refractivity contribution in [2.24, 2.45) is 11.8 Å². The van der Waals surface area contributed by atoms with Crippen molar-refractivity contribution >= 4 is 11.7 Å². The van der Waals surface area contributed by atoms with Crippen molar-refractivity contribution in [2.45, 2.75) is 12.3 Å². The van der Waals surface area contributed by atoms with E-state index in [1.165, 1.54) is 29.8 Å². The fourth-order valence-electron chi connectivity index (χ4n) is 3.57. The van der Waals surface area contributed by atoms with Gasteiger partial charge in [-0.3, -0.25) is 10.1 Å². The largest absolute Gasteiger partial charge is 0.427 e. The summed E-state index contributed by atoms with van der Waals surface area (Å²) >= 11 is 0. The highest BCUT2D eigenvalue weighted by molar-refractivity contribution is 5.90. The second kappa shape index (κ2) is 5.60. The third-order valence-electron chi connectivity index (χ3n) is 4.80. The molecule has 2 aromatic carbocycles. The van der Waals surface area contributed by atoms with Gasteiger partial charge >= 0.3 is 5.97 Å². The van der Waals surface area contributed by atoms with E-state index in [4.69, 9.17) is 4.74 Å². The molecule has 4 rings (SSSR count). The average Bonchev–Trinajstić information content (AvgIpc) is 3.20. The summed E-state index contributed by atoms with van der Waals surface area (Å²) in [5.74, 6) is 1.49. The summed E-state index contributed by atoms with van der Waals surface area (Å²) in [6, 6.07) is 15.7. The number of carbonyl (C=O) groups is 1. The van der Waals surface area contributed by atoms with Gasteiger partial charge in [0, 0.05) is 18.1 Å². The molecule has 2 aromatic rings. The van der Waals surface area contributed by atoms with Crippen molar-refractivity contribution in [1.82, 2.24) is 0 Å². The number of allylic oxidation sites excluding steroid dienone is 2. The topological polar surface area (TPSA) is 69.4 Å². The number of esters is 1. The van der Waals surface area contributed by atoms with E-state index in [1.54, 1.807) is 0 Å². The van der Waals surface area contributed by atoms with Crippen LogP contribution in [0.15, 0.2) is 66.4 Å². The molecule has 0 spiro atoms. The predicted octanol–water partition coefficient (Wildman–Crippen LogP) is 4.07. The molecule has 5 heteroatoms. The Bertz CT molecular complexity index is 826. The van der Waals surface area contributed by atoms with Gasteiger partial charge in [-0.05, 0) is 42.0 Å². The Balaban J connectivity index is 1.44. The van der Waals surface area contributed by atoms with Gasteiger partial charge in [0.15, 0.2) is 0 Å². The summed E-state index contributed by atoms with van der Waals surface area (Å²) < 4.78 is 5.56. The molecule has 0 amide bonds. The van der Waals surface area contributed by atoms with Crippen LogP contribution in [0.4, 0.5) is 5.69 Å². The van der Waals surface area contributed by atoms with Gasteiger partial charge in [0.05, 0.1) is 10.5 Å². The van der Waals surface area contributed by atoms with Gasteiger partial charge in [-0.2, -0.15) is 0 Å². The molecule has 1 fully saturated rings. The van der Waals surface area contributed by atoms with Gasteiger partial charge in [0.25, 0.3) is 5.69 Å². The van der Waals surface area contributed by atoms with Crippen molar-refractivity contribution < 1.29 is 14.5 Å². The predicted molar refractivity (Wildman–Crippen MR) is 87.4 cm³/mol. The number of rotatable bonds is 4. The van der Waals surface area contributed by atoms with Crippen LogP contribution in [0.2, 0.25) is 0 Å². The molecule has 0 aliphatic heterocycles. The molecule has 24 heavy (non-hydrogen) atoms. The van der Waals surface area contributed by atoms with E-state index >= 15 is 0 Å². The van der Waals surface area contributed by atoms with Gasteiger partial charge in [-0.15, -0.1) is 0 Å². The van der Waals surface area contributed by atoms with Crippen LogP contribution in [0.1, 0.15) is 28.3 Å². The highest BCUT2D eigenvalue weighted by Gasteiger charge is 2.56. The summed E-state index contributed by atoms with van der Waals surface area (Å²) in [4.78, 5) is 22.4. The molecule has 0 bridgehead atoms. The standard InChI is InChI=1S/C19H15NO4/c21-19(13-6-8-14(9-7-13)20(22)23)24-16-11-10-15-17(18(15)16)12-4-2-1-3-5-12/h1-9,11,15,17-18H,10H2/t15-,17-,18+/m1/s1. The number of hydrogen-bond acceptors (Lipinski definition) is 4. The van der Waals surface area contributed by atoms with Crippen LogP contribution in [0.5, 0.6) is 0 Å². The Labute approximate surface area is 138 Å². The first-order valence-corrected chi connectivity index (χ1v) is 7.87. The number of fused-ring (bicyclic) bond motifs is 1. The van der Waals surface area contributed by atoms with Gasteiger partial charge in [0.2, 0.25) is 0 Å². The van der Waals surface area contributed by atoms with E-state index in [9.17, 15) is 14.9 Å². The zero-order valence-electron chi connectivity index (χ0n) is 12.8. The average molecular weight is 321 g/mol. The first kappa shape index (κ1) is 14.6. The molecule has 0 radical (unpaired) electrons. The Morgan fingerprint density at radius 1 is 1.04 bits per heavy atom. The number of carbonyl (C=O) groups excluding carboxylic acids is 1. The Morgan fingerprint density at radius 2 is 1.75 bits per heavy atom. The fourth-order valence-corrected chi connectivity index (χ4v) is 3.57. The first-order valence-electron chi connectivity index (χ1n) is 7.87. The van der Waals surface area contributed by atoms with E-state index in [2.05, 4.69) is 12.1 Å². The molecule has 1 saturated carbocycles. The Kier molecular flexibility index (Phi) is 3.41. The quantitative estimate of drug-likeness (QED) is 0.483. The van der Waals surface area contributed by atoms with Crippen LogP contribution >= 0.6 is 0 Å². The van der Waals surface area contributed by atoms with Gasteiger partial charge in [0.1, 0.15) is 5.76 Å². The fraction of sp³-hybridized carbons (Fsp3) is 0.211. The van der Waals surface area contributed by atoms with Crippen molar-refractivity contribution in [3.05, 3.63) is 87.7 Å². The Morgan fingerprint density at radius 3 is 2.42 bits per heavy atom. The van der Waals surface area contributed by atoms with Crippen LogP contribution in [0.3, 0.4) is 0 Å². The van der Waals surface area contributed by atoms with Crippen molar-refractivity contribution in [3.8, 4) is 0 Å². The lowest BCUT2D eigenvalue weighted by atomic mass is 10.1. The second-order valence-corrected chi connectivity index (χ2v) is 6.16.